The minimum Gasteiger partial charge on any atom is -0.353 e. The van der Waals surface area contributed by atoms with Crippen molar-refractivity contribution in [3.05, 3.63) is 29.3 Å². The van der Waals surface area contributed by atoms with Gasteiger partial charge >= 0.3 is 0 Å². The van der Waals surface area contributed by atoms with E-state index in [1.54, 1.807) is 4.90 Å². The third-order valence-electron chi connectivity index (χ3n) is 2.31. The van der Waals surface area contributed by atoms with Crippen molar-refractivity contribution in [3.63, 3.8) is 0 Å². The number of hydrogen-bond donors (Lipinski definition) is 1. The number of aryl methyl sites for hydroxylation is 2. The molecule has 0 bridgehead atoms. The molecule has 78 valence electrons. The second-order valence-corrected chi connectivity index (χ2v) is 4.12. The van der Waals surface area contributed by atoms with Crippen LogP contribution in [0, 0.1) is 13.8 Å². The molecule has 0 aromatic heterocycles. The summed E-state index contributed by atoms with van der Waals surface area (Å²) in [6.07, 6.45) is 0. The van der Waals surface area contributed by atoms with Crippen molar-refractivity contribution in [1.82, 2.24) is 5.32 Å². The molecule has 4 heteroatoms. The minimum absolute atomic E-state index is 0.00463. The number of hydrogen-bond acceptors (Lipinski definition) is 2. The van der Waals surface area contributed by atoms with Gasteiger partial charge in [-0.05, 0) is 49.3 Å². The number of thiocarbonyl (C=S) groups is 1. The molecule has 1 amide bonds. The fourth-order valence-corrected chi connectivity index (χ4v) is 2.04. The van der Waals surface area contributed by atoms with Crippen LogP contribution in [-0.4, -0.2) is 17.6 Å². The van der Waals surface area contributed by atoms with Gasteiger partial charge < -0.3 is 5.32 Å². The van der Waals surface area contributed by atoms with E-state index in [-0.39, 0.29) is 5.91 Å². The molecule has 1 aliphatic heterocycles. The first-order valence-electron chi connectivity index (χ1n) is 4.77. The van der Waals surface area contributed by atoms with E-state index in [9.17, 15) is 4.79 Å². The summed E-state index contributed by atoms with van der Waals surface area (Å²) in [6.45, 7) is 4.31. The van der Waals surface area contributed by atoms with Crippen molar-refractivity contribution < 1.29 is 4.79 Å². The van der Waals surface area contributed by atoms with Crippen molar-refractivity contribution in [3.8, 4) is 0 Å². The summed E-state index contributed by atoms with van der Waals surface area (Å²) in [7, 11) is 0. The summed E-state index contributed by atoms with van der Waals surface area (Å²) in [5.41, 5.74) is 3.12. The van der Waals surface area contributed by atoms with Crippen LogP contribution < -0.4 is 10.2 Å². The van der Waals surface area contributed by atoms with E-state index in [1.807, 2.05) is 26.0 Å². The van der Waals surface area contributed by atoms with Crippen LogP contribution in [0.2, 0.25) is 0 Å². The fraction of sp³-hybridized carbons (Fsp3) is 0.273. The molecule has 2 rings (SSSR count). The van der Waals surface area contributed by atoms with Crippen LogP contribution in [0.25, 0.3) is 0 Å². The van der Waals surface area contributed by atoms with Gasteiger partial charge in [0.2, 0.25) is 0 Å². The predicted octanol–water partition coefficient (Wildman–Crippen LogP) is 1.52. The molecule has 0 unspecified atom stereocenters. The molecule has 1 saturated heterocycles. The maximum atomic E-state index is 11.6. The third kappa shape index (κ3) is 1.85. The highest BCUT2D eigenvalue weighted by Crippen LogP contribution is 2.20. The van der Waals surface area contributed by atoms with Crippen molar-refractivity contribution in [2.45, 2.75) is 13.8 Å². The van der Waals surface area contributed by atoms with E-state index in [2.05, 4.69) is 11.4 Å². The molecule has 1 N–H and O–H groups in total. The first kappa shape index (κ1) is 10.1. The number of nitrogens with zero attached hydrogens (tertiary/aromatic N) is 1. The van der Waals surface area contributed by atoms with Crippen molar-refractivity contribution >= 4 is 28.9 Å². The molecule has 0 saturated carbocycles. The zero-order valence-corrected chi connectivity index (χ0v) is 9.52. The molecule has 1 fully saturated rings. The van der Waals surface area contributed by atoms with Gasteiger partial charge in [-0.3, -0.25) is 9.69 Å². The number of carbonyl (C=O) groups is 1. The first-order valence-corrected chi connectivity index (χ1v) is 5.18. The lowest BCUT2D eigenvalue weighted by atomic mass is 10.1. The summed E-state index contributed by atoms with van der Waals surface area (Å²) < 4.78 is 0. The predicted molar refractivity (Wildman–Crippen MR) is 64.0 cm³/mol. The molecule has 15 heavy (non-hydrogen) atoms. The van der Waals surface area contributed by atoms with E-state index in [0.717, 1.165) is 16.8 Å². The maximum Gasteiger partial charge on any atom is 0.252 e. The zero-order valence-electron chi connectivity index (χ0n) is 8.70. The van der Waals surface area contributed by atoms with Crippen LogP contribution in [-0.2, 0) is 4.79 Å². The normalized spacial score (nSPS) is 15.7. The lowest BCUT2D eigenvalue weighted by molar-refractivity contribution is -0.115. The van der Waals surface area contributed by atoms with Crippen LogP contribution in [0.4, 0.5) is 5.69 Å². The number of benzene rings is 1. The minimum atomic E-state index is 0.00463. The van der Waals surface area contributed by atoms with E-state index in [4.69, 9.17) is 12.2 Å². The SMILES string of the molecule is Cc1cc(C)cc(N2C(=O)CNC2=S)c1. The second-order valence-electron chi connectivity index (χ2n) is 3.73. The number of nitrogens with one attached hydrogen (secondary N) is 1. The summed E-state index contributed by atoms with van der Waals surface area (Å²) >= 11 is 5.08. The van der Waals surface area contributed by atoms with Gasteiger partial charge in [0.05, 0.1) is 12.2 Å². The highest BCUT2D eigenvalue weighted by Gasteiger charge is 2.26. The second kappa shape index (κ2) is 3.62. The topological polar surface area (TPSA) is 32.3 Å². The van der Waals surface area contributed by atoms with Crippen molar-refractivity contribution in [2.24, 2.45) is 0 Å². The van der Waals surface area contributed by atoms with E-state index < -0.39 is 0 Å². The zero-order chi connectivity index (χ0) is 11.0. The molecule has 0 aliphatic carbocycles. The van der Waals surface area contributed by atoms with Crippen molar-refractivity contribution in [1.29, 1.82) is 0 Å². The molecule has 1 aromatic carbocycles. The smallest absolute Gasteiger partial charge is 0.252 e. The molecular formula is C11H12N2OS. The van der Waals surface area contributed by atoms with Gasteiger partial charge in [0.25, 0.3) is 5.91 Å². The van der Waals surface area contributed by atoms with E-state index in [0.29, 0.717) is 11.7 Å². The summed E-state index contributed by atoms with van der Waals surface area (Å²) in [5.74, 6) is 0.00463. The fourth-order valence-electron chi connectivity index (χ4n) is 1.76. The van der Waals surface area contributed by atoms with Crippen LogP contribution in [0.1, 0.15) is 11.1 Å². The molecular weight excluding hydrogens is 208 g/mol. The lowest BCUT2D eigenvalue weighted by Crippen LogP contribution is -2.30. The summed E-state index contributed by atoms with van der Waals surface area (Å²) in [6, 6.07) is 5.99. The Bertz CT molecular complexity index is 406. The summed E-state index contributed by atoms with van der Waals surface area (Å²) in [5, 5.41) is 3.36. The van der Waals surface area contributed by atoms with E-state index >= 15 is 0 Å². The van der Waals surface area contributed by atoms with Crippen LogP contribution in [0.15, 0.2) is 18.2 Å². The Morgan fingerprint density at radius 3 is 2.33 bits per heavy atom. The number of rotatable bonds is 1. The Hall–Kier alpha value is -1.42. The Kier molecular flexibility index (Phi) is 2.44. The van der Waals surface area contributed by atoms with Gasteiger partial charge in [0, 0.05) is 0 Å². The molecule has 1 aromatic rings. The Morgan fingerprint density at radius 1 is 1.27 bits per heavy atom. The standard InChI is InChI=1S/C11H12N2OS/c1-7-3-8(2)5-9(4-7)13-10(14)6-12-11(13)15/h3-5H,6H2,1-2H3,(H,12,15). The average molecular weight is 220 g/mol. The summed E-state index contributed by atoms with van der Waals surface area (Å²) in [4.78, 5) is 13.1. The largest absolute Gasteiger partial charge is 0.353 e. The number of carbonyl (C=O) groups excluding carboxylic acids is 1. The quantitative estimate of drug-likeness (QED) is 0.728. The molecule has 0 spiro atoms. The number of amides is 1. The molecule has 1 heterocycles. The molecule has 1 aliphatic rings. The Morgan fingerprint density at radius 2 is 1.87 bits per heavy atom. The van der Waals surface area contributed by atoms with E-state index in [1.165, 1.54) is 0 Å². The molecule has 3 nitrogen and oxygen atoms in total. The van der Waals surface area contributed by atoms with Gasteiger partial charge in [-0.2, -0.15) is 0 Å². The number of anilines is 1. The first-order chi connectivity index (χ1) is 7.08. The van der Waals surface area contributed by atoms with Gasteiger partial charge in [-0.1, -0.05) is 6.07 Å². The Balaban J connectivity index is 2.44. The average Bonchev–Trinajstić information content (AvgIpc) is 2.44. The van der Waals surface area contributed by atoms with Crippen LogP contribution in [0.3, 0.4) is 0 Å². The van der Waals surface area contributed by atoms with Gasteiger partial charge in [-0.15, -0.1) is 0 Å². The molecule has 0 atom stereocenters. The maximum absolute atomic E-state index is 11.6. The monoisotopic (exact) mass is 220 g/mol. The third-order valence-corrected chi connectivity index (χ3v) is 2.63. The van der Waals surface area contributed by atoms with Gasteiger partial charge in [0.1, 0.15) is 0 Å². The van der Waals surface area contributed by atoms with Crippen LogP contribution >= 0.6 is 12.2 Å². The van der Waals surface area contributed by atoms with Crippen molar-refractivity contribution in [2.75, 3.05) is 11.4 Å². The Labute approximate surface area is 94.1 Å². The highest BCUT2D eigenvalue weighted by molar-refractivity contribution is 7.80. The highest BCUT2D eigenvalue weighted by atomic mass is 32.1. The molecule has 0 radical (unpaired) electrons. The van der Waals surface area contributed by atoms with Crippen LogP contribution in [0.5, 0.6) is 0 Å². The van der Waals surface area contributed by atoms with Gasteiger partial charge in [0.15, 0.2) is 5.11 Å². The lowest BCUT2D eigenvalue weighted by Gasteiger charge is -2.15. The van der Waals surface area contributed by atoms with Gasteiger partial charge in [-0.25, -0.2) is 0 Å².